The van der Waals surface area contributed by atoms with Crippen LogP contribution < -0.4 is 5.32 Å². The maximum Gasteiger partial charge on any atom is 0.106 e. The first-order valence-electron chi connectivity index (χ1n) is 3.92. The van der Waals surface area contributed by atoms with E-state index in [1.54, 1.807) is 12.4 Å². The second kappa shape index (κ2) is 7.98. The molecule has 0 aromatic heterocycles. The molecule has 0 heterocycles. The molecule has 0 aromatic rings. The highest BCUT2D eigenvalue weighted by molar-refractivity contribution is 5.53. The molecule has 1 atom stereocenters. The minimum atomic E-state index is 0.119. The molecule has 0 spiro atoms. The van der Waals surface area contributed by atoms with Crippen LogP contribution in [0.3, 0.4) is 0 Å². The van der Waals surface area contributed by atoms with E-state index in [0.29, 0.717) is 13.0 Å². The molecule has 0 aromatic carbocycles. The standard InChI is InChI=1S/C9H15FN2/c1-3-11-8-12-7-5-9(2)4-6-10/h3-7,9,12H,8H2,1-2H3/b6-4+,7-5-,11-3-. The topological polar surface area (TPSA) is 24.4 Å². The molecule has 1 N–H and O–H groups in total. The predicted octanol–water partition coefficient (Wildman–Crippen LogP) is 2.26. The number of allylic oxidation sites excluding steroid dienone is 2. The summed E-state index contributed by atoms with van der Waals surface area (Å²) < 4.78 is 11.6. The van der Waals surface area contributed by atoms with Gasteiger partial charge in [0.15, 0.2) is 0 Å². The lowest BCUT2D eigenvalue weighted by Gasteiger charge is -1.96. The zero-order valence-electron chi connectivity index (χ0n) is 7.50. The lowest BCUT2D eigenvalue weighted by Crippen LogP contribution is -2.04. The molecule has 68 valence electrons. The van der Waals surface area contributed by atoms with Gasteiger partial charge in [0.25, 0.3) is 0 Å². The van der Waals surface area contributed by atoms with Crippen molar-refractivity contribution in [1.29, 1.82) is 0 Å². The van der Waals surface area contributed by atoms with E-state index in [1.807, 2.05) is 19.9 Å². The third-order valence-electron chi connectivity index (χ3n) is 1.26. The Labute approximate surface area is 72.9 Å². The van der Waals surface area contributed by atoms with Crippen molar-refractivity contribution in [2.45, 2.75) is 13.8 Å². The molecule has 1 unspecified atom stereocenters. The summed E-state index contributed by atoms with van der Waals surface area (Å²) in [6.45, 7) is 4.33. The van der Waals surface area contributed by atoms with Crippen LogP contribution in [-0.2, 0) is 0 Å². The van der Waals surface area contributed by atoms with Crippen molar-refractivity contribution in [2.75, 3.05) is 6.67 Å². The van der Waals surface area contributed by atoms with Gasteiger partial charge in [-0.3, -0.25) is 4.99 Å². The first-order valence-corrected chi connectivity index (χ1v) is 3.92. The highest BCUT2D eigenvalue weighted by atomic mass is 19.1. The Morgan fingerprint density at radius 3 is 2.83 bits per heavy atom. The molecule has 3 heteroatoms. The minimum Gasteiger partial charge on any atom is -0.373 e. The summed E-state index contributed by atoms with van der Waals surface area (Å²) in [6.07, 6.45) is 7.39. The van der Waals surface area contributed by atoms with Crippen LogP contribution in [0.4, 0.5) is 4.39 Å². The number of aliphatic imine (C=N–C) groups is 1. The van der Waals surface area contributed by atoms with Gasteiger partial charge in [-0.2, -0.15) is 0 Å². The quantitative estimate of drug-likeness (QED) is 0.496. The van der Waals surface area contributed by atoms with Gasteiger partial charge in [-0.25, -0.2) is 4.39 Å². The minimum absolute atomic E-state index is 0.119. The van der Waals surface area contributed by atoms with Gasteiger partial charge in [-0.1, -0.05) is 13.0 Å². The maximum atomic E-state index is 11.6. The third kappa shape index (κ3) is 6.99. The molecule has 0 rings (SSSR count). The Bertz CT molecular complexity index is 173. The number of nitrogens with one attached hydrogen (secondary N) is 1. The summed E-state index contributed by atoms with van der Waals surface area (Å²) in [6, 6.07) is 0. The van der Waals surface area contributed by atoms with Crippen LogP contribution in [-0.4, -0.2) is 12.9 Å². The fraction of sp³-hybridized carbons (Fsp3) is 0.444. The SMILES string of the molecule is C/C=N\CN/C=C\C(C)/C=C/F. The zero-order valence-corrected chi connectivity index (χ0v) is 7.50. The number of nitrogens with zero attached hydrogens (tertiary/aromatic N) is 1. The highest BCUT2D eigenvalue weighted by Gasteiger charge is 1.86. The van der Waals surface area contributed by atoms with E-state index in [4.69, 9.17) is 0 Å². The fourth-order valence-electron chi connectivity index (χ4n) is 0.595. The molecule has 2 nitrogen and oxygen atoms in total. The van der Waals surface area contributed by atoms with E-state index in [-0.39, 0.29) is 5.92 Å². The van der Waals surface area contributed by atoms with Gasteiger partial charge in [-0.15, -0.1) is 0 Å². The van der Waals surface area contributed by atoms with Crippen molar-refractivity contribution in [3.8, 4) is 0 Å². The van der Waals surface area contributed by atoms with Gasteiger partial charge < -0.3 is 5.32 Å². The average Bonchev–Trinajstić information content (AvgIpc) is 2.05. The van der Waals surface area contributed by atoms with Crippen LogP contribution in [0.25, 0.3) is 0 Å². The van der Waals surface area contributed by atoms with E-state index < -0.39 is 0 Å². The van der Waals surface area contributed by atoms with E-state index in [0.717, 1.165) is 0 Å². The van der Waals surface area contributed by atoms with Gasteiger partial charge in [0.05, 0.1) is 6.33 Å². The highest BCUT2D eigenvalue weighted by Crippen LogP contribution is 1.97. The Hall–Kier alpha value is -1.12. The van der Waals surface area contributed by atoms with Gasteiger partial charge in [0.2, 0.25) is 0 Å². The molecule has 0 aliphatic rings. The molecule has 12 heavy (non-hydrogen) atoms. The summed E-state index contributed by atoms with van der Waals surface area (Å²) in [5, 5.41) is 2.94. The summed E-state index contributed by atoms with van der Waals surface area (Å²) in [7, 11) is 0. The maximum absolute atomic E-state index is 11.6. The molecule has 0 bridgehead atoms. The van der Waals surface area contributed by atoms with Gasteiger partial charge in [-0.05, 0) is 31.3 Å². The first-order chi connectivity index (χ1) is 5.81. The van der Waals surface area contributed by atoms with Crippen molar-refractivity contribution in [1.82, 2.24) is 5.32 Å². The van der Waals surface area contributed by atoms with E-state index in [2.05, 4.69) is 10.3 Å². The van der Waals surface area contributed by atoms with Crippen LogP contribution >= 0.6 is 0 Å². The molecule has 0 amide bonds. The van der Waals surface area contributed by atoms with Crippen molar-refractivity contribution >= 4 is 6.21 Å². The number of hydrogen-bond acceptors (Lipinski definition) is 2. The average molecular weight is 170 g/mol. The first kappa shape index (κ1) is 10.9. The van der Waals surface area contributed by atoms with Crippen LogP contribution in [0.5, 0.6) is 0 Å². The Balaban J connectivity index is 3.47. The normalized spacial score (nSPS) is 14.9. The summed E-state index contributed by atoms with van der Waals surface area (Å²) in [5.74, 6) is 0.119. The molecular weight excluding hydrogens is 155 g/mol. The summed E-state index contributed by atoms with van der Waals surface area (Å²) in [5.41, 5.74) is 0. The molecule has 0 aliphatic heterocycles. The van der Waals surface area contributed by atoms with Crippen molar-refractivity contribution < 1.29 is 4.39 Å². The summed E-state index contributed by atoms with van der Waals surface area (Å²) in [4.78, 5) is 3.94. The number of halogens is 1. The van der Waals surface area contributed by atoms with Crippen molar-refractivity contribution in [3.05, 3.63) is 24.7 Å². The van der Waals surface area contributed by atoms with Crippen LogP contribution in [0, 0.1) is 5.92 Å². The Kier molecular flexibility index (Phi) is 7.24. The third-order valence-corrected chi connectivity index (χ3v) is 1.26. The molecule has 0 saturated carbocycles. The second-order valence-corrected chi connectivity index (χ2v) is 2.34. The number of rotatable bonds is 5. The lowest BCUT2D eigenvalue weighted by molar-refractivity contribution is 0.705. The summed E-state index contributed by atoms with van der Waals surface area (Å²) >= 11 is 0. The van der Waals surface area contributed by atoms with Crippen LogP contribution in [0.2, 0.25) is 0 Å². The second-order valence-electron chi connectivity index (χ2n) is 2.34. The van der Waals surface area contributed by atoms with Crippen LogP contribution in [0.15, 0.2) is 29.7 Å². The van der Waals surface area contributed by atoms with E-state index in [1.165, 1.54) is 6.08 Å². The van der Waals surface area contributed by atoms with Crippen molar-refractivity contribution in [3.63, 3.8) is 0 Å². The van der Waals surface area contributed by atoms with E-state index >= 15 is 0 Å². The van der Waals surface area contributed by atoms with Gasteiger partial charge in [0.1, 0.15) is 6.67 Å². The zero-order chi connectivity index (χ0) is 9.23. The monoisotopic (exact) mass is 170 g/mol. The van der Waals surface area contributed by atoms with Gasteiger partial charge >= 0.3 is 0 Å². The fourth-order valence-corrected chi connectivity index (χ4v) is 0.595. The Morgan fingerprint density at radius 1 is 1.50 bits per heavy atom. The molecule has 0 radical (unpaired) electrons. The smallest absolute Gasteiger partial charge is 0.106 e. The Morgan fingerprint density at radius 2 is 2.25 bits per heavy atom. The lowest BCUT2D eigenvalue weighted by atomic mass is 10.2. The van der Waals surface area contributed by atoms with Gasteiger partial charge in [0, 0.05) is 0 Å². The molecule has 0 fully saturated rings. The largest absolute Gasteiger partial charge is 0.373 e. The van der Waals surface area contributed by atoms with Crippen molar-refractivity contribution in [2.24, 2.45) is 10.9 Å². The number of hydrogen-bond donors (Lipinski definition) is 1. The molecule has 0 saturated heterocycles. The molecular formula is C9H15FN2. The van der Waals surface area contributed by atoms with E-state index in [9.17, 15) is 4.39 Å². The van der Waals surface area contributed by atoms with Crippen LogP contribution in [0.1, 0.15) is 13.8 Å². The molecule has 0 aliphatic carbocycles. The predicted molar refractivity (Wildman–Crippen MR) is 50.7 cm³/mol.